The fourth-order valence-electron chi connectivity index (χ4n) is 3.31. The van der Waals surface area contributed by atoms with Crippen LogP contribution in [0.4, 0.5) is 10.5 Å². The third kappa shape index (κ3) is 1.53. The molecule has 2 atom stereocenters. The number of methoxy groups -OCH3 is 1. The van der Waals surface area contributed by atoms with Gasteiger partial charge in [0.25, 0.3) is 0 Å². The summed E-state index contributed by atoms with van der Waals surface area (Å²) in [7, 11) is 1.46. The van der Waals surface area contributed by atoms with Gasteiger partial charge in [0, 0.05) is 12.0 Å². The summed E-state index contributed by atoms with van der Waals surface area (Å²) in [4.78, 5) is 13.8. The average molecular weight is 231 g/mol. The van der Waals surface area contributed by atoms with Crippen molar-refractivity contribution in [3.63, 3.8) is 0 Å². The van der Waals surface area contributed by atoms with Crippen molar-refractivity contribution in [2.24, 2.45) is 0 Å². The van der Waals surface area contributed by atoms with E-state index in [9.17, 15) is 4.79 Å². The van der Waals surface area contributed by atoms with E-state index in [1.54, 1.807) is 0 Å². The first-order valence-corrected chi connectivity index (χ1v) is 6.29. The van der Waals surface area contributed by atoms with Crippen molar-refractivity contribution < 1.29 is 9.53 Å². The highest BCUT2D eigenvalue weighted by atomic mass is 16.5. The third-order valence-electron chi connectivity index (χ3n) is 4.03. The van der Waals surface area contributed by atoms with Gasteiger partial charge in [-0.05, 0) is 24.5 Å². The minimum absolute atomic E-state index is 0.216. The molecule has 2 aliphatic rings. The minimum atomic E-state index is -0.216. The molecule has 1 aliphatic heterocycles. The lowest BCUT2D eigenvalue weighted by atomic mass is 9.82. The number of benzene rings is 1. The van der Waals surface area contributed by atoms with Crippen LogP contribution in [0.3, 0.4) is 0 Å². The van der Waals surface area contributed by atoms with Gasteiger partial charge in [0.05, 0.1) is 12.8 Å². The number of amides is 1. The van der Waals surface area contributed by atoms with Crippen LogP contribution >= 0.6 is 0 Å². The van der Waals surface area contributed by atoms with Gasteiger partial charge >= 0.3 is 6.09 Å². The Bertz CT molecular complexity index is 444. The number of rotatable bonds is 0. The predicted molar refractivity (Wildman–Crippen MR) is 66.3 cm³/mol. The van der Waals surface area contributed by atoms with Gasteiger partial charge in [-0.1, -0.05) is 31.0 Å². The van der Waals surface area contributed by atoms with Crippen LogP contribution in [0, 0.1) is 0 Å². The highest BCUT2D eigenvalue weighted by Crippen LogP contribution is 2.47. The fourth-order valence-corrected chi connectivity index (χ4v) is 3.31. The zero-order valence-corrected chi connectivity index (χ0v) is 10.1. The van der Waals surface area contributed by atoms with Gasteiger partial charge in [-0.3, -0.25) is 4.90 Å². The van der Waals surface area contributed by atoms with Gasteiger partial charge in [-0.25, -0.2) is 4.79 Å². The molecular formula is C14H17NO2. The maximum Gasteiger partial charge on any atom is 0.414 e. The molecule has 1 aromatic carbocycles. The molecule has 0 aromatic heterocycles. The number of fused-ring (bicyclic) bond motifs is 3. The number of carbonyl (C=O) groups excluding carboxylic acids is 1. The number of carbonyl (C=O) groups is 1. The SMILES string of the molecule is COC(=O)N1c2ccccc2[C@H]2CCCC[C@@H]21. The van der Waals surface area contributed by atoms with E-state index < -0.39 is 0 Å². The molecule has 3 nitrogen and oxygen atoms in total. The highest BCUT2D eigenvalue weighted by molar-refractivity contribution is 5.91. The molecule has 3 rings (SSSR count). The summed E-state index contributed by atoms with van der Waals surface area (Å²) >= 11 is 0. The average Bonchev–Trinajstić information content (AvgIpc) is 2.72. The van der Waals surface area contributed by atoms with Crippen molar-refractivity contribution in [1.82, 2.24) is 0 Å². The van der Waals surface area contributed by atoms with Gasteiger partial charge in [0.1, 0.15) is 0 Å². The Kier molecular flexibility index (Phi) is 2.54. The van der Waals surface area contributed by atoms with Crippen LogP contribution in [0.2, 0.25) is 0 Å². The van der Waals surface area contributed by atoms with E-state index in [1.165, 1.54) is 31.9 Å². The molecule has 0 radical (unpaired) electrons. The molecule has 0 N–H and O–H groups in total. The predicted octanol–water partition coefficient (Wildman–Crippen LogP) is 3.30. The largest absolute Gasteiger partial charge is 0.452 e. The molecule has 0 bridgehead atoms. The van der Waals surface area contributed by atoms with Gasteiger partial charge in [0.15, 0.2) is 0 Å². The van der Waals surface area contributed by atoms with Crippen LogP contribution in [0.1, 0.15) is 37.2 Å². The first-order chi connectivity index (χ1) is 8.33. The van der Waals surface area contributed by atoms with Gasteiger partial charge in [-0.2, -0.15) is 0 Å². The van der Waals surface area contributed by atoms with E-state index in [2.05, 4.69) is 12.1 Å². The van der Waals surface area contributed by atoms with Crippen LogP contribution in [-0.4, -0.2) is 19.2 Å². The van der Waals surface area contributed by atoms with Crippen molar-refractivity contribution >= 4 is 11.8 Å². The van der Waals surface area contributed by atoms with E-state index >= 15 is 0 Å². The van der Waals surface area contributed by atoms with E-state index in [1.807, 2.05) is 17.0 Å². The van der Waals surface area contributed by atoms with Crippen LogP contribution in [0.25, 0.3) is 0 Å². The summed E-state index contributed by atoms with van der Waals surface area (Å²) in [6.07, 6.45) is 4.54. The maximum absolute atomic E-state index is 11.9. The van der Waals surface area contributed by atoms with Crippen molar-refractivity contribution in [1.29, 1.82) is 0 Å². The first-order valence-electron chi connectivity index (χ1n) is 6.29. The summed E-state index contributed by atoms with van der Waals surface area (Å²) in [5, 5.41) is 0. The standard InChI is InChI=1S/C14H17NO2/c1-17-14(16)15-12-8-4-2-6-10(12)11-7-3-5-9-13(11)15/h2,4,6,8,11,13H,3,5,7,9H2,1H3/t11-,13+/m1/s1. The maximum atomic E-state index is 11.9. The minimum Gasteiger partial charge on any atom is -0.452 e. The topological polar surface area (TPSA) is 29.5 Å². The van der Waals surface area contributed by atoms with Gasteiger partial charge in [0.2, 0.25) is 0 Å². The lowest BCUT2D eigenvalue weighted by Crippen LogP contribution is -2.40. The van der Waals surface area contributed by atoms with Crippen molar-refractivity contribution in [3.05, 3.63) is 29.8 Å². The molecule has 1 fully saturated rings. The quantitative estimate of drug-likeness (QED) is 0.685. The second-order valence-corrected chi connectivity index (χ2v) is 4.86. The number of anilines is 1. The third-order valence-corrected chi connectivity index (χ3v) is 4.03. The zero-order chi connectivity index (χ0) is 11.8. The smallest absolute Gasteiger partial charge is 0.414 e. The molecule has 0 saturated heterocycles. The summed E-state index contributed by atoms with van der Waals surface area (Å²) in [5.41, 5.74) is 2.37. The molecule has 3 heteroatoms. The Morgan fingerprint density at radius 3 is 2.88 bits per heavy atom. The second-order valence-electron chi connectivity index (χ2n) is 4.86. The zero-order valence-electron chi connectivity index (χ0n) is 10.1. The van der Waals surface area contributed by atoms with Crippen molar-refractivity contribution in [3.8, 4) is 0 Å². The molecule has 1 heterocycles. The number of hydrogen-bond donors (Lipinski definition) is 0. The number of ether oxygens (including phenoxy) is 1. The first kappa shape index (κ1) is 10.6. The van der Waals surface area contributed by atoms with Crippen molar-refractivity contribution in [2.75, 3.05) is 12.0 Å². The molecule has 1 aromatic rings. The summed E-state index contributed by atoms with van der Waals surface area (Å²) in [6, 6.07) is 8.55. The van der Waals surface area contributed by atoms with E-state index in [0.29, 0.717) is 12.0 Å². The Hall–Kier alpha value is -1.51. The lowest BCUT2D eigenvalue weighted by Gasteiger charge is -2.31. The molecule has 1 saturated carbocycles. The van der Waals surface area contributed by atoms with Gasteiger partial charge < -0.3 is 4.74 Å². The van der Waals surface area contributed by atoms with E-state index in [-0.39, 0.29) is 6.09 Å². The molecule has 1 amide bonds. The second kappa shape index (κ2) is 4.06. The monoisotopic (exact) mass is 231 g/mol. The Morgan fingerprint density at radius 1 is 1.29 bits per heavy atom. The van der Waals surface area contributed by atoms with E-state index in [4.69, 9.17) is 4.74 Å². The number of para-hydroxylation sites is 1. The molecule has 1 aliphatic carbocycles. The summed E-state index contributed by atoms with van der Waals surface area (Å²) in [5.74, 6) is 0.513. The van der Waals surface area contributed by atoms with Gasteiger partial charge in [-0.15, -0.1) is 0 Å². The molecular weight excluding hydrogens is 214 g/mol. The summed E-state index contributed by atoms with van der Waals surface area (Å²) < 4.78 is 4.93. The Morgan fingerprint density at radius 2 is 2.06 bits per heavy atom. The van der Waals surface area contributed by atoms with Crippen LogP contribution in [-0.2, 0) is 4.74 Å². The Balaban J connectivity index is 2.05. The van der Waals surface area contributed by atoms with Crippen molar-refractivity contribution in [2.45, 2.75) is 37.6 Å². The van der Waals surface area contributed by atoms with Crippen LogP contribution < -0.4 is 4.90 Å². The lowest BCUT2D eigenvalue weighted by molar-refractivity contribution is 0.174. The fraction of sp³-hybridized carbons (Fsp3) is 0.500. The highest BCUT2D eigenvalue weighted by Gasteiger charge is 2.42. The molecule has 0 spiro atoms. The molecule has 0 unspecified atom stereocenters. The Labute approximate surface area is 101 Å². The molecule has 90 valence electrons. The number of hydrogen-bond acceptors (Lipinski definition) is 2. The van der Waals surface area contributed by atoms with Crippen LogP contribution in [0.5, 0.6) is 0 Å². The van der Waals surface area contributed by atoms with E-state index in [0.717, 1.165) is 12.1 Å². The summed E-state index contributed by atoms with van der Waals surface area (Å²) in [6.45, 7) is 0. The number of nitrogens with zero attached hydrogens (tertiary/aromatic N) is 1. The molecule has 17 heavy (non-hydrogen) atoms. The van der Waals surface area contributed by atoms with Crippen LogP contribution in [0.15, 0.2) is 24.3 Å². The normalized spacial score (nSPS) is 26.3.